The zero-order valence-corrected chi connectivity index (χ0v) is 10.8. The average molecular weight is 265 g/mol. The van der Waals surface area contributed by atoms with E-state index in [2.05, 4.69) is 10.4 Å². The largest absolute Gasteiger partial charge is 0.459 e. The van der Waals surface area contributed by atoms with Gasteiger partial charge in [0.1, 0.15) is 6.54 Å². The lowest BCUT2D eigenvalue weighted by atomic mass is 10.2. The van der Waals surface area contributed by atoms with Gasteiger partial charge in [0.15, 0.2) is 5.76 Å². The SMILES string of the molecule is CC(C)CNC(=O)Cn1nc(-c2ccco2)oc1=O. The number of rotatable bonds is 5. The molecular formula is C12H15N3O4. The predicted octanol–water partition coefficient (Wildman–Crippen LogP) is 0.868. The van der Waals surface area contributed by atoms with Gasteiger partial charge in [0.05, 0.1) is 6.26 Å². The predicted molar refractivity (Wildman–Crippen MR) is 66.3 cm³/mol. The first-order valence-corrected chi connectivity index (χ1v) is 5.95. The number of carbonyl (C=O) groups excluding carboxylic acids is 1. The zero-order chi connectivity index (χ0) is 13.8. The smallest absolute Gasteiger partial charge is 0.437 e. The van der Waals surface area contributed by atoms with Crippen LogP contribution in [-0.2, 0) is 11.3 Å². The molecule has 0 saturated carbocycles. The maximum atomic E-state index is 11.6. The Balaban J connectivity index is 2.05. The molecule has 1 amide bonds. The highest BCUT2D eigenvalue weighted by Crippen LogP contribution is 2.14. The maximum Gasteiger partial charge on any atom is 0.437 e. The quantitative estimate of drug-likeness (QED) is 0.866. The van der Waals surface area contributed by atoms with Crippen LogP contribution in [0.3, 0.4) is 0 Å². The Morgan fingerprint density at radius 1 is 1.53 bits per heavy atom. The van der Waals surface area contributed by atoms with Gasteiger partial charge in [-0.1, -0.05) is 13.8 Å². The number of carbonyl (C=O) groups is 1. The average Bonchev–Trinajstić information content (AvgIpc) is 2.97. The highest BCUT2D eigenvalue weighted by Gasteiger charge is 2.14. The Morgan fingerprint density at radius 2 is 2.32 bits per heavy atom. The summed E-state index contributed by atoms with van der Waals surface area (Å²) in [5.41, 5.74) is 0. The Kier molecular flexibility index (Phi) is 3.84. The van der Waals surface area contributed by atoms with Crippen LogP contribution in [0.2, 0.25) is 0 Å². The zero-order valence-electron chi connectivity index (χ0n) is 10.8. The van der Waals surface area contributed by atoms with Crippen LogP contribution in [0.1, 0.15) is 13.8 Å². The third-order valence-electron chi connectivity index (χ3n) is 2.34. The number of nitrogens with one attached hydrogen (secondary N) is 1. The van der Waals surface area contributed by atoms with Gasteiger partial charge in [-0.05, 0) is 18.1 Å². The van der Waals surface area contributed by atoms with E-state index in [1.54, 1.807) is 12.1 Å². The second-order valence-corrected chi connectivity index (χ2v) is 4.51. The van der Waals surface area contributed by atoms with E-state index in [1.165, 1.54) is 6.26 Å². The van der Waals surface area contributed by atoms with Gasteiger partial charge in [-0.25, -0.2) is 4.79 Å². The lowest BCUT2D eigenvalue weighted by Crippen LogP contribution is -2.33. The summed E-state index contributed by atoms with van der Waals surface area (Å²) in [7, 11) is 0. The van der Waals surface area contributed by atoms with Crippen molar-refractivity contribution in [2.45, 2.75) is 20.4 Å². The molecule has 0 aromatic carbocycles. The molecule has 2 aromatic rings. The standard InChI is InChI=1S/C12H15N3O4/c1-8(2)6-13-10(16)7-15-12(17)19-11(14-15)9-4-3-5-18-9/h3-5,8H,6-7H2,1-2H3,(H,13,16). The maximum absolute atomic E-state index is 11.6. The number of nitrogens with zero attached hydrogens (tertiary/aromatic N) is 2. The minimum Gasteiger partial charge on any atom is -0.459 e. The molecule has 19 heavy (non-hydrogen) atoms. The van der Waals surface area contributed by atoms with E-state index in [9.17, 15) is 9.59 Å². The molecule has 0 unspecified atom stereocenters. The summed E-state index contributed by atoms with van der Waals surface area (Å²) in [5.74, 6) is -0.219. The fraction of sp³-hybridized carbons (Fsp3) is 0.417. The molecule has 0 bridgehead atoms. The van der Waals surface area contributed by atoms with Crippen LogP contribution in [0.5, 0.6) is 0 Å². The van der Waals surface area contributed by atoms with Gasteiger partial charge in [-0.2, -0.15) is 4.68 Å². The minimum atomic E-state index is -0.689. The molecule has 0 fully saturated rings. The number of aromatic nitrogens is 2. The summed E-state index contributed by atoms with van der Waals surface area (Å²) in [6.07, 6.45) is 1.45. The van der Waals surface area contributed by atoms with Crippen LogP contribution in [0.25, 0.3) is 11.7 Å². The van der Waals surface area contributed by atoms with Crippen LogP contribution < -0.4 is 11.1 Å². The Bertz CT molecular complexity index is 595. The number of amides is 1. The van der Waals surface area contributed by atoms with Crippen LogP contribution in [0.4, 0.5) is 0 Å². The second kappa shape index (κ2) is 5.55. The fourth-order valence-electron chi connectivity index (χ4n) is 1.42. The van der Waals surface area contributed by atoms with Crippen LogP contribution in [0, 0.1) is 5.92 Å². The summed E-state index contributed by atoms with van der Waals surface area (Å²) in [4.78, 5) is 23.1. The van der Waals surface area contributed by atoms with E-state index in [-0.39, 0.29) is 18.3 Å². The molecule has 0 radical (unpaired) electrons. The first kappa shape index (κ1) is 13.1. The molecule has 0 aliphatic rings. The summed E-state index contributed by atoms with van der Waals surface area (Å²) in [6.45, 7) is 4.35. The van der Waals surface area contributed by atoms with Crippen molar-refractivity contribution in [2.75, 3.05) is 6.54 Å². The first-order valence-electron chi connectivity index (χ1n) is 5.95. The van der Waals surface area contributed by atoms with E-state index in [1.807, 2.05) is 13.8 Å². The molecular weight excluding hydrogens is 250 g/mol. The van der Waals surface area contributed by atoms with E-state index in [4.69, 9.17) is 8.83 Å². The van der Waals surface area contributed by atoms with Gasteiger partial charge in [0, 0.05) is 6.54 Å². The van der Waals surface area contributed by atoms with Crippen LogP contribution in [0.15, 0.2) is 32.0 Å². The molecule has 0 spiro atoms. The van der Waals surface area contributed by atoms with Gasteiger partial charge in [0.2, 0.25) is 5.91 Å². The molecule has 0 aliphatic carbocycles. The van der Waals surface area contributed by atoms with Crippen molar-refractivity contribution in [1.82, 2.24) is 15.1 Å². The van der Waals surface area contributed by atoms with Crippen molar-refractivity contribution in [3.63, 3.8) is 0 Å². The molecule has 0 saturated heterocycles. The molecule has 2 rings (SSSR count). The Hall–Kier alpha value is -2.31. The van der Waals surface area contributed by atoms with Gasteiger partial charge in [-0.3, -0.25) is 4.79 Å². The minimum absolute atomic E-state index is 0.0617. The van der Waals surface area contributed by atoms with Crippen molar-refractivity contribution in [3.05, 3.63) is 28.9 Å². The van der Waals surface area contributed by atoms with Crippen molar-refractivity contribution in [3.8, 4) is 11.7 Å². The van der Waals surface area contributed by atoms with E-state index < -0.39 is 5.76 Å². The number of hydrogen-bond donors (Lipinski definition) is 1. The first-order chi connectivity index (χ1) is 9.06. The third-order valence-corrected chi connectivity index (χ3v) is 2.34. The van der Waals surface area contributed by atoms with Gasteiger partial charge in [-0.15, -0.1) is 5.10 Å². The molecule has 1 N–H and O–H groups in total. The van der Waals surface area contributed by atoms with Gasteiger partial charge < -0.3 is 14.2 Å². The molecule has 0 atom stereocenters. The third kappa shape index (κ3) is 3.34. The van der Waals surface area contributed by atoms with Crippen molar-refractivity contribution in [2.24, 2.45) is 5.92 Å². The highest BCUT2D eigenvalue weighted by atomic mass is 16.4. The topological polar surface area (TPSA) is 90.3 Å². The Morgan fingerprint density at radius 3 is 2.95 bits per heavy atom. The van der Waals surface area contributed by atoms with Crippen LogP contribution in [-0.4, -0.2) is 22.2 Å². The lowest BCUT2D eigenvalue weighted by Gasteiger charge is -2.06. The van der Waals surface area contributed by atoms with Crippen LogP contribution >= 0.6 is 0 Å². The fourth-order valence-corrected chi connectivity index (χ4v) is 1.42. The molecule has 0 aliphatic heterocycles. The number of furan rings is 1. The summed E-state index contributed by atoms with van der Waals surface area (Å²) in [6, 6.07) is 3.28. The van der Waals surface area contributed by atoms with E-state index >= 15 is 0 Å². The van der Waals surface area contributed by atoms with E-state index in [0.29, 0.717) is 18.2 Å². The summed E-state index contributed by atoms with van der Waals surface area (Å²) >= 11 is 0. The summed E-state index contributed by atoms with van der Waals surface area (Å²) < 4.78 is 10.9. The van der Waals surface area contributed by atoms with Gasteiger partial charge in [0.25, 0.3) is 5.89 Å². The van der Waals surface area contributed by atoms with Gasteiger partial charge >= 0.3 is 5.76 Å². The monoisotopic (exact) mass is 265 g/mol. The summed E-state index contributed by atoms with van der Waals surface area (Å²) in [5, 5.41) is 6.60. The molecule has 2 heterocycles. The molecule has 7 nitrogen and oxygen atoms in total. The second-order valence-electron chi connectivity index (χ2n) is 4.51. The Labute approximate surface area is 109 Å². The van der Waals surface area contributed by atoms with Crippen molar-refractivity contribution < 1.29 is 13.6 Å². The highest BCUT2D eigenvalue weighted by molar-refractivity contribution is 5.75. The number of hydrogen-bond acceptors (Lipinski definition) is 5. The molecule has 102 valence electrons. The van der Waals surface area contributed by atoms with Crippen molar-refractivity contribution in [1.29, 1.82) is 0 Å². The molecule has 2 aromatic heterocycles. The molecule has 7 heteroatoms. The van der Waals surface area contributed by atoms with E-state index in [0.717, 1.165) is 4.68 Å². The lowest BCUT2D eigenvalue weighted by molar-refractivity contribution is -0.122. The van der Waals surface area contributed by atoms with Crippen molar-refractivity contribution >= 4 is 5.91 Å². The normalized spacial score (nSPS) is 10.9.